The Bertz CT molecular complexity index is 1310. The molecule has 1 aromatic carbocycles. The van der Waals surface area contributed by atoms with E-state index < -0.39 is 69.7 Å². The summed E-state index contributed by atoms with van der Waals surface area (Å²) in [6.45, 7) is 0. The van der Waals surface area contributed by atoms with Gasteiger partial charge >= 0.3 is 0 Å². The minimum Gasteiger partial charge on any atom is -0.508 e. The lowest BCUT2D eigenvalue weighted by Crippen LogP contribution is -2.65. The summed E-state index contributed by atoms with van der Waals surface area (Å²) < 4.78 is 0. The highest BCUT2D eigenvalue weighted by Crippen LogP contribution is 2.54. The maximum absolute atomic E-state index is 13.7. The fourth-order valence-electron chi connectivity index (χ4n) is 5.56. The van der Waals surface area contributed by atoms with Crippen LogP contribution in [-0.4, -0.2) is 79.8 Å². The van der Waals surface area contributed by atoms with Crippen LogP contribution in [0.5, 0.6) is 5.75 Å². The highest BCUT2D eigenvalue weighted by molar-refractivity contribution is 9.09. The average molecular weight is 666 g/mol. The Labute approximate surface area is 234 Å². The summed E-state index contributed by atoms with van der Waals surface area (Å²) in [5, 5.41) is 46.7. The molecule has 0 heterocycles. The van der Waals surface area contributed by atoms with Gasteiger partial charge in [-0.1, -0.05) is 27.5 Å². The average Bonchev–Trinajstić information content (AvgIpc) is 2.78. The molecule has 0 saturated heterocycles. The van der Waals surface area contributed by atoms with E-state index in [1.165, 1.54) is 25.1 Å². The third-order valence-corrected chi connectivity index (χ3v) is 7.86. The van der Waals surface area contributed by atoms with Crippen molar-refractivity contribution in [3.8, 4) is 5.75 Å². The molecule has 200 valence electrons. The predicted octanol–water partition coefficient (Wildman–Crippen LogP) is 1.53. The number of amides is 2. The van der Waals surface area contributed by atoms with Crippen molar-refractivity contribution in [1.82, 2.24) is 4.90 Å². The Morgan fingerprint density at radius 2 is 1.89 bits per heavy atom. The Kier molecular flexibility index (Phi) is 7.89. The monoisotopic (exact) mass is 663 g/mol. The minimum absolute atomic E-state index is 0. The molecule has 1 aromatic rings. The number of benzene rings is 1. The Morgan fingerprint density at radius 3 is 2.43 bits per heavy atom. The van der Waals surface area contributed by atoms with Crippen LogP contribution < -0.4 is 11.1 Å². The van der Waals surface area contributed by atoms with Crippen molar-refractivity contribution >= 4 is 79.3 Å². The van der Waals surface area contributed by atoms with Gasteiger partial charge in [0.2, 0.25) is 11.7 Å². The van der Waals surface area contributed by atoms with Crippen molar-refractivity contribution in [3.63, 3.8) is 0 Å². The number of phenols is 1. The number of nitrogens with two attached hydrogens (primary N) is 1. The quantitative estimate of drug-likeness (QED) is 0.157. The van der Waals surface area contributed by atoms with Crippen LogP contribution in [0.2, 0.25) is 5.02 Å². The molecule has 37 heavy (non-hydrogen) atoms. The van der Waals surface area contributed by atoms with E-state index in [1.54, 1.807) is 0 Å². The van der Waals surface area contributed by atoms with Crippen molar-refractivity contribution in [2.24, 2.45) is 17.6 Å². The van der Waals surface area contributed by atoms with Crippen molar-refractivity contribution in [2.75, 3.05) is 24.7 Å². The lowest BCUT2D eigenvalue weighted by atomic mass is 9.57. The van der Waals surface area contributed by atoms with Gasteiger partial charge in [-0.25, -0.2) is 0 Å². The number of rotatable bonds is 4. The second kappa shape index (κ2) is 10.0. The first-order valence-corrected chi connectivity index (χ1v) is 12.3. The number of aliphatic hydroxyl groups is 3. The maximum Gasteiger partial charge on any atom is 0.255 e. The number of carbonyl (C=O) groups excluding carboxylic acids is 4. The molecule has 11 nitrogen and oxygen atoms in total. The number of nitrogens with one attached hydrogen (secondary N) is 1. The third kappa shape index (κ3) is 4.16. The van der Waals surface area contributed by atoms with E-state index in [0.29, 0.717) is 5.56 Å². The van der Waals surface area contributed by atoms with E-state index in [0.717, 1.165) is 0 Å². The molecule has 0 spiro atoms. The van der Waals surface area contributed by atoms with Crippen molar-refractivity contribution < 1.29 is 39.6 Å². The molecular weight excluding hydrogens is 642 g/mol. The maximum atomic E-state index is 13.7. The number of aliphatic hydroxyl groups excluding tert-OH is 2. The van der Waals surface area contributed by atoms with Crippen LogP contribution >= 0.6 is 44.5 Å². The number of carbonyl (C=O) groups is 4. The van der Waals surface area contributed by atoms with Crippen molar-refractivity contribution in [2.45, 2.75) is 24.5 Å². The molecule has 7 N–H and O–H groups in total. The highest BCUT2D eigenvalue weighted by Gasteiger charge is 2.64. The second-order valence-electron chi connectivity index (χ2n) is 9.26. The number of halogens is 3. The molecule has 1 saturated carbocycles. The smallest absolute Gasteiger partial charge is 0.255 e. The van der Waals surface area contributed by atoms with Crippen LogP contribution in [0.15, 0.2) is 23.0 Å². The number of likely N-dealkylation sites (N-methyl/N-ethyl adjacent to an activating group) is 1. The topological polar surface area (TPSA) is 190 Å². The van der Waals surface area contributed by atoms with Crippen molar-refractivity contribution in [3.05, 3.63) is 39.1 Å². The number of fused-ring (bicyclic) bond motifs is 3. The molecule has 4 atom stereocenters. The molecule has 0 aromatic heterocycles. The number of primary amides is 1. The van der Waals surface area contributed by atoms with Gasteiger partial charge in [-0.2, -0.15) is 0 Å². The summed E-state index contributed by atoms with van der Waals surface area (Å²) in [6, 6.07) is 0.276. The summed E-state index contributed by atoms with van der Waals surface area (Å²) in [5.74, 6) is -8.09. The van der Waals surface area contributed by atoms with Gasteiger partial charge < -0.3 is 31.5 Å². The molecule has 3 aliphatic rings. The third-order valence-electron chi connectivity index (χ3n) is 7.05. The van der Waals surface area contributed by atoms with E-state index in [4.69, 9.17) is 17.3 Å². The zero-order valence-electron chi connectivity index (χ0n) is 19.5. The summed E-state index contributed by atoms with van der Waals surface area (Å²) in [6.07, 6.45) is 0.0563. The van der Waals surface area contributed by atoms with E-state index in [2.05, 4.69) is 21.2 Å². The number of anilines is 1. The number of hydrogen-bond acceptors (Lipinski definition) is 9. The van der Waals surface area contributed by atoms with Crippen molar-refractivity contribution in [1.29, 1.82) is 0 Å². The number of Topliss-reactive ketones (excluding diaryl/α,β-unsaturated/α-hetero) is 2. The number of alkyl halides is 1. The molecule has 0 aliphatic heterocycles. The fourth-order valence-corrected chi connectivity index (χ4v) is 5.96. The van der Waals surface area contributed by atoms with Crippen LogP contribution in [-0.2, 0) is 25.6 Å². The predicted molar refractivity (Wildman–Crippen MR) is 142 cm³/mol. The molecule has 14 heteroatoms. The first-order chi connectivity index (χ1) is 16.8. The summed E-state index contributed by atoms with van der Waals surface area (Å²) in [5.41, 5.74) is 1.43. The van der Waals surface area contributed by atoms with Gasteiger partial charge in [0.15, 0.2) is 17.1 Å². The van der Waals surface area contributed by atoms with Gasteiger partial charge in [-0.05, 0) is 44.5 Å². The van der Waals surface area contributed by atoms with Crippen LogP contribution in [0.1, 0.15) is 17.5 Å². The molecule has 0 radical (unpaired) electrons. The zero-order chi connectivity index (χ0) is 26.9. The van der Waals surface area contributed by atoms with Gasteiger partial charge in [0.25, 0.3) is 5.91 Å². The number of hydrogen-bond donors (Lipinski definition) is 6. The van der Waals surface area contributed by atoms with Crippen LogP contribution in [0, 0.1) is 11.8 Å². The number of ketones is 2. The minimum atomic E-state index is -2.72. The van der Waals surface area contributed by atoms with Crippen LogP contribution in [0.3, 0.4) is 0 Å². The van der Waals surface area contributed by atoms with Crippen LogP contribution in [0.4, 0.5) is 5.69 Å². The molecule has 4 rings (SSSR count). The Morgan fingerprint density at radius 1 is 1.27 bits per heavy atom. The van der Waals surface area contributed by atoms with E-state index in [9.17, 15) is 39.6 Å². The van der Waals surface area contributed by atoms with Crippen LogP contribution in [0.25, 0.3) is 5.76 Å². The lowest BCUT2D eigenvalue weighted by Gasteiger charge is -2.50. The van der Waals surface area contributed by atoms with Gasteiger partial charge in [0.1, 0.15) is 22.8 Å². The van der Waals surface area contributed by atoms with E-state index in [-0.39, 0.29) is 57.0 Å². The molecule has 2 unspecified atom stereocenters. The lowest BCUT2D eigenvalue weighted by molar-refractivity contribution is -0.153. The van der Waals surface area contributed by atoms with Gasteiger partial charge in [-0.15, -0.1) is 17.0 Å². The summed E-state index contributed by atoms with van der Waals surface area (Å²) >= 11 is 9.26. The molecule has 0 bridgehead atoms. The van der Waals surface area contributed by atoms with Gasteiger partial charge in [0.05, 0.1) is 22.0 Å². The summed E-state index contributed by atoms with van der Waals surface area (Å²) in [7, 11) is 3.04. The largest absolute Gasteiger partial charge is 0.508 e. The number of phenolic OH excluding ortho intramolecular Hbond substituents is 1. The number of aromatic hydroxyl groups is 1. The zero-order valence-corrected chi connectivity index (χ0v) is 23.6. The number of nitrogens with zero attached hydrogens (tertiary/aromatic N) is 1. The molecule has 2 amide bonds. The SMILES string of the molecule is Br.CN(C)[C@@H]1C(=O)C(C(N)=O)=C(O)[C@@]2(O)C(=O)C3=C(O)c4c(cc(Cl)c(NC(=O)CBr)c4O)CC3CC12. The standard InChI is InChI=1S/C23H23BrClN3O8.BrH/c1-28(2)16-9-4-7-3-8-5-10(25)15(27-11(29)6-24)18(31)12(8)17(30)13(7)20(33)23(9,36)21(34)14(19(16)32)22(26)35;/h5,7,9,16,30-31,34,36H,3-4,6H2,1-2H3,(H2,26,35)(H,27,29);1H/t7?,9?,16-,23-;/m0./s1. The second-order valence-corrected chi connectivity index (χ2v) is 10.2. The Balaban J connectivity index is 0.00000380. The Hall–Kier alpha value is -2.45. The van der Waals surface area contributed by atoms with Gasteiger partial charge in [-0.3, -0.25) is 24.1 Å². The van der Waals surface area contributed by atoms with Gasteiger partial charge in [0, 0.05) is 11.5 Å². The normalized spacial score (nSPS) is 26.8. The molecule has 1 fully saturated rings. The molecule has 3 aliphatic carbocycles. The van der Waals surface area contributed by atoms with E-state index >= 15 is 0 Å². The van der Waals surface area contributed by atoms with E-state index in [1.807, 2.05) is 0 Å². The molecular formula is C23H24Br2ClN3O8. The first kappa shape index (κ1) is 29.1. The fraction of sp³-hybridized carbons (Fsp3) is 0.391. The first-order valence-electron chi connectivity index (χ1n) is 10.8. The summed E-state index contributed by atoms with van der Waals surface area (Å²) in [4.78, 5) is 52.1. The highest BCUT2D eigenvalue weighted by atomic mass is 79.9.